The Morgan fingerprint density at radius 2 is 2.26 bits per heavy atom. The number of aromatic nitrogens is 1. The molecule has 1 amide bonds. The van der Waals surface area contributed by atoms with Crippen molar-refractivity contribution in [3.8, 4) is 0 Å². The molecule has 1 saturated carbocycles. The zero-order chi connectivity index (χ0) is 14.0. The molecule has 2 rings (SSSR count). The minimum absolute atomic E-state index is 0.0124. The lowest BCUT2D eigenvalue weighted by molar-refractivity contribution is -0.137. The van der Waals surface area contributed by atoms with Crippen LogP contribution in [0.15, 0.2) is 12.3 Å². The third-order valence-electron chi connectivity index (χ3n) is 3.31. The molecule has 1 unspecified atom stereocenters. The molecule has 6 heteroatoms. The Balaban J connectivity index is 2.23. The number of nitrogens with two attached hydrogens (primary N) is 1. The van der Waals surface area contributed by atoms with Crippen LogP contribution in [0.5, 0.6) is 0 Å². The van der Waals surface area contributed by atoms with Crippen LogP contribution >= 0.6 is 0 Å². The quantitative estimate of drug-likeness (QED) is 0.714. The summed E-state index contributed by atoms with van der Waals surface area (Å²) in [6, 6.07) is 1.50. The Hall–Kier alpha value is -2.11. The first-order valence-corrected chi connectivity index (χ1v) is 6.22. The second-order valence-electron chi connectivity index (χ2n) is 4.90. The molecule has 0 radical (unpaired) electrons. The van der Waals surface area contributed by atoms with E-state index in [1.165, 1.54) is 0 Å². The minimum atomic E-state index is -0.863. The molecule has 1 fully saturated rings. The molecular formula is C13H17N3O3. The van der Waals surface area contributed by atoms with Crippen molar-refractivity contribution in [2.45, 2.75) is 32.2 Å². The summed E-state index contributed by atoms with van der Waals surface area (Å²) in [4.78, 5) is 26.4. The first-order valence-electron chi connectivity index (χ1n) is 6.22. The van der Waals surface area contributed by atoms with E-state index in [0.717, 1.165) is 18.4 Å². The molecule has 0 bridgehead atoms. The minimum Gasteiger partial charge on any atom is -0.481 e. The van der Waals surface area contributed by atoms with Gasteiger partial charge in [0, 0.05) is 12.2 Å². The van der Waals surface area contributed by atoms with Crippen LogP contribution in [0.25, 0.3) is 0 Å². The summed E-state index contributed by atoms with van der Waals surface area (Å²) >= 11 is 0. The third-order valence-corrected chi connectivity index (χ3v) is 3.31. The summed E-state index contributed by atoms with van der Waals surface area (Å²) in [5.74, 6) is -0.708. The molecule has 1 aliphatic rings. The van der Waals surface area contributed by atoms with Gasteiger partial charge in [-0.3, -0.25) is 9.59 Å². The Morgan fingerprint density at radius 3 is 2.79 bits per heavy atom. The fourth-order valence-corrected chi connectivity index (χ4v) is 2.18. The molecule has 0 aromatic carbocycles. The number of primary amides is 1. The summed E-state index contributed by atoms with van der Waals surface area (Å²) in [5.41, 5.74) is 6.41. The van der Waals surface area contributed by atoms with E-state index in [0.29, 0.717) is 17.3 Å². The Bertz CT molecular complexity index is 512. The van der Waals surface area contributed by atoms with Crippen molar-refractivity contribution in [1.82, 2.24) is 4.98 Å². The molecule has 1 aliphatic carbocycles. The SMILES string of the molecule is Cc1ccnc(NC(CC(=O)O)C2CC2)c1C(N)=O. The number of hydrogen-bond acceptors (Lipinski definition) is 4. The second-order valence-corrected chi connectivity index (χ2v) is 4.90. The molecule has 1 aromatic heterocycles. The van der Waals surface area contributed by atoms with Crippen molar-refractivity contribution < 1.29 is 14.7 Å². The fraction of sp³-hybridized carbons (Fsp3) is 0.462. The maximum absolute atomic E-state index is 11.5. The molecule has 4 N–H and O–H groups in total. The monoisotopic (exact) mass is 263 g/mol. The number of pyridine rings is 1. The number of carboxylic acid groups (broad SMARTS) is 1. The van der Waals surface area contributed by atoms with Gasteiger partial charge in [0.2, 0.25) is 0 Å². The predicted molar refractivity (Wildman–Crippen MR) is 69.9 cm³/mol. The number of carbonyl (C=O) groups excluding carboxylic acids is 1. The van der Waals surface area contributed by atoms with Crippen molar-refractivity contribution >= 4 is 17.7 Å². The van der Waals surface area contributed by atoms with Crippen molar-refractivity contribution in [2.24, 2.45) is 11.7 Å². The smallest absolute Gasteiger partial charge is 0.305 e. The van der Waals surface area contributed by atoms with Crippen LogP contribution in [0.1, 0.15) is 35.2 Å². The van der Waals surface area contributed by atoms with E-state index in [1.807, 2.05) is 0 Å². The number of aryl methyl sites for hydroxylation is 1. The van der Waals surface area contributed by atoms with E-state index in [4.69, 9.17) is 10.8 Å². The number of carboxylic acids is 1. The van der Waals surface area contributed by atoms with Gasteiger partial charge in [-0.15, -0.1) is 0 Å². The number of aliphatic carboxylic acids is 1. The van der Waals surface area contributed by atoms with Gasteiger partial charge in [-0.25, -0.2) is 4.98 Å². The highest BCUT2D eigenvalue weighted by Crippen LogP contribution is 2.36. The summed E-state index contributed by atoms with van der Waals surface area (Å²) in [6.45, 7) is 1.77. The maximum Gasteiger partial charge on any atom is 0.305 e. The van der Waals surface area contributed by atoms with Gasteiger partial charge in [-0.2, -0.15) is 0 Å². The molecule has 102 valence electrons. The zero-order valence-electron chi connectivity index (χ0n) is 10.7. The van der Waals surface area contributed by atoms with Gasteiger partial charge in [0.1, 0.15) is 5.82 Å². The van der Waals surface area contributed by atoms with Gasteiger partial charge in [0.25, 0.3) is 5.91 Å². The molecule has 6 nitrogen and oxygen atoms in total. The Morgan fingerprint density at radius 1 is 1.58 bits per heavy atom. The number of rotatable bonds is 6. The molecule has 0 saturated heterocycles. The Kier molecular flexibility index (Phi) is 3.69. The van der Waals surface area contributed by atoms with Crippen molar-refractivity contribution in [1.29, 1.82) is 0 Å². The number of nitrogens with one attached hydrogen (secondary N) is 1. The average molecular weight is 263 g/mol. The topological polar surface area (TPSA) is 105 Å². The standard InChI is InChI=1S/C13H17N3O3/c1-7-4-5-15-13(11(7)12(14)19)16-9(6-10(17)18)8-2-3-8/h4-5,8-9H,2-3,6H2,1H3,(H2,14,19)(H,15,16)(H,17,18). The highest BCUT2D eigenvalue weighted by atomic mass is 16.4. The zero-order valence-corrected chi connectivity index (χ0v) is 10.7. The lowest BCUT2D eigenvalue weighted by Crippen LogP contribution is -2.28. The third kappa shape index (κ3) is 3.21. The normalized spacial score (nSPS) is 15.8. The summed E-state index contributed by atoms with van der Waals surface area (Å²) in [7, 11) is 0. The maximum atomic E-state index is 11.5. The van der Waals surface area contributed by atoms with Gasteiger partial charge in [-0.1, -0.05) is 0 Å². The highest BCUT2D eigenvalue weighted by Gasteiger charge is 2.33. The molecule has 0 spiro atoms. The largest absolute Gasteiger partial charge is 0.481 e. The number of carbonyl (C=O) groups is 2. The van der Waals surface area contributed by atoms with Crippen molar-refractivity contribution in [3.63, 3.8) is 0 Å². The summed E-state index contributed by atoms with van der Waals surface area (Å²) in [6.07, 6.45) is 3.60. The molecule has 1 heterocycles. The van der Waals surface area contributed by atoms with Crippen LogP contribution in [0, 0.1) is 12.8 Å². The van der Waals surface area contributed by atoms with E-state index in [2.05, 4.69) is 10.3 Å². The number of hydrogen-bond donors (Lipinski definition) is 3. The van der Waals surface area contributed by atoms with Crippen LogP contribution in [-0.2, 0) is 4.79 Å². The second kappa shape index (κ2) is 5.26. The van der Waals surface area contributed by atoms with Crippen LogP contribution in [0.4, 0.5) is 5.82 Å². The fourth-order valence-electron chi connectivity index (χ4n) is 2.18. The van der Waals surface area contributed by atoms with Gasteiger partial charge >= 0.3 is 5.97 Å². The highest BCUT2D eigenvalue weighted by molar-refractivity contribution is 5.99. The van der Waals surface area contributed by atoms with Crippen LogP contribution in [0.2, 0.25) is 0 Å². The van der Waals surface area contributed by atoms with E-state index < -0.39 is 11.9 Å². The van der Waals surface area contributed by atoms with E-state index in [-0.39, 0.29) is 12.5 Å². The van der Waals surface area contributed by atoms with Crippen LogP contribution in [-0.4, -0.2) is 28.0 Å². The molecule has 1 aromatic rings. The summed E-state index contributed by atoms with van der Waals surface area (Å²) in [5, 5.41) is 12.0. The lowest BCUT2D eigenvalue weighted by atomic mass is 10.1. The predicted octanol–water partition coefficient (Wildman–Crippen LogP) is 1.15. The molecular weight excluding hydrogens is 246 g/mol. The van der Waals surface area contributed by atoms with E-state index in [1.54, 1.807) is 19.2 Å². The van der Waals surface area contributed by atoms with Crippen molar-refractivity contribution in [3.05, 3.63) is 23.4 Å². The first kappa shape index (κ1) is 13.3. The van der Waals surface area contributed by atoms with E-state index >= 15 is 0 Å². The average Bonchev–Trinajstić information content (AvgIpc) is 3.10. The number of amides is 1. The Labute approximate surface area is 111 Å². The van der Waals surface area contributed by atoms with Gasteiger partial charge in [0.15, 0.2) is 0 Å². The molecule has 0 aliphatic heterocycles. The van der Waals surface area contributed by atoms with Crippen LogP contribution < -0.4 is 11.1 Å². The van der Waals surface area contributed by atoms with Crippen LogP contribution in [0.3, 0.4) is 0 Å². The summed E-state index contributed by atoms with van der Waals surface area (Å²) < 4.78 is 0. The van der Waals surface area contributed by atoms with Crippen molar-refractivity contribution in [2.75, 3.05) is 5.32 Å². The number of anilines is 1. The first-order chi connectivity index (χ1) is 8.99. The molecule has 19 heavy (non-hydrogen) atoms. The van der Waals surface area contributed by atoms with Gasteiger partial charge < -0.3 is 16.2 Å². The van der Waals surface area contributed by atoms with E-state index in [9.17, 15) is 9.59 Å². The number of nitrogens with zero attached hydrogens (tertiary/aromatic N) is 1. The van der Waals surface area contributed by atoms with Gasteiger partial charge in [0.05, 0.1) is 12.0 Å². The van der Waals surface area contributed by atoms with Gasteiger partial charge in [-0.05, 0) is 37.3 Å². The lowest BCUT2D eigenvalue weighted by Gasteiger charge is -2.19. The molecule has 1 atom stereocenters.